The molecule has 2 aliphatic rings. The molecule has 0 amide bonds. The lowest BCUT2D eigenvalue weighted by Gasteiger charge is -2.17. The molecule has 0 aromatic carbocycles. The summed E-state index contributed by atoms with van der Waals surface area (Å²) in [6.45, 7) is 0. The lowest BCUT2D eigenvalue weighted by Crippen LogP contribution is -2.14. The maximum absolute atomic E-state index is 6.11. The Bertz CT molecular complexity index is 176. The van der Waals surface area contributed by atoms with E-state index in [-0.39, 0.29) is 0 Å². The van der Waals surface area contributed by atoms with Crippen molar-refractivity contribution in [1.29, 1.82) is 0 Å². The van der Waals surface area contributed by atoms with Crippen molar-refractivity contribution in [2.24, 2.45) is 11.1 Å². The molecule has 2 rings (SSSR count). The molecular weight excluding hydrogens is 182 g/mol. The minimum atomic E-state index is 0.556. The van der Waals surface area contributed by atoms with Crippen LogP contribution in [0.4, 0.5) is 0 Å². The van der Waals surface area contributed by atoms with Crippen LogP contribution in [0.25, 0.3) is 0 Å². The molecule has 2 aliphatic carbocycles. The highest BCUT2D eigenvalue weighted by Gasteiger charge is 2.49. The van der Waals surface area contributed by atoms with Gasteiger partial charge in [0, 0.05) is 6.04 Å². The third-order valence-corrected chi connectivity index (χ3v) is 4.60. The predicted molar refractivity (Wildman–Crippen MR) is 65.8 cm³/mol. The Hall–Kier alpha value is -0.0400. The molecule has 0 aromatic rings. The van der Waals surface area contributed by atoms with E-state index in [0.29, 0.717) is 11.5 Å². The quantitative estimate of drug-likeness (QED) is 0.641. The fraction of sp³-hybridized carbons (Fsp3) is 1.00. The molecule has 2 fully saturated rings. The van der Waals surface area contributed by atoms with Gasteiger partial charge in [0.25, 0.3) is 0 Å². The highest BCUT2D eigenvalue weighted by Crippen LogP contribution is 2.52. The number of hydrogen-bond donors (Lipinski definition) is 1. The van der Waals surface area contributed by atoms with Gasteiger partial charge in [0.05, 0.1) is 0 Å². The van der Waals surface area contributed by atoms with Crippen LogP contribution in [0, 0.1) is 5.41 Å². The second-order valence-electron chi connectivity index (χ2n) is 5.85. The zero-order valence-electron chi connectivity index (χ0n) is 10.1. The van der Waals surface area contributed by atoms with Gasteiger partial charge in [-0.2, -0.15) is 0 Å². The molecule has 15 heavy (non-hydrogen) atoms. The molecule has 0 bridgehead atoms. The Balaban J connectivity index is 1.76. The van der Waals surface area contributed by atoms with Crippen molar-refractivity contribution in [3.05, 3.63) is 0 Å². The normalized spacial score (nSPS) is 33.0. The smallest absolute Gasteiger partial charge is 0.0102 e. The van der Waals surface area contributed by atoms with Crippen LogP contribution in [0.15, 0.2) is 0 Å². The van der Waals surface area contributed by atoms with Crippen LogP contribution in [0.5, 0.6) is 0 Å². The maximum atomic E-state index is 6.11. The largest absolute Gasteiger partial charge is 0.327 e. The van der Waals surface area contributed by atoms with Gasteiger partial charge in [-0.3, -0.25) is 0 Å². The Morgan fingerprint density at radius 2 is 1.00 bits per heavy atom. The lowest BCUT2D eigenvalue weighted by atomic mass is 9.90. The highest BCUT2D eigenvalue weighted by atomic mass is 14.8. The Morgan fingerprint density at radius 1 is 0.667 bits per heavy atom. The van der Waals surface area contributed by atoms with Crippen molar-refractivity contribution in [1.82, 2.24) is 0 Å². The van der Waals surface area contributed by atoms with Crippen LogP contribution in [0.2, 0.25) is 0 Å². The molecule has 0 aliphatic heterocycles. The molecule has 1 nitrogen and oxygen atoms in total. The summed E-state index contributed by atoms with van der Waals surface area (Å²) in [5.74, 6) is 0. The fourth-order valence-corrected chi connectivity index (χ4v) is 3.27. The SMILES string of the molecule is NC1CC12CCCCCCCCCCC2. The molecule has 0 radical (unpaired) electrons. The first-order valence-electron chi connectivity index (χ1n) is 7.09. The van der Waals surface area contributed by atoms with Gasteiger partial charge in [-0.05, 0) is 24.7 Å². The molecule has 1 spiro atoms. The van der Waals surface area contributed by atoms with Crippen molar-refractivity contribution < 1.29 is 0 Å². The summed E-state index contributed by atoms with van der Waals surface area (Å²) in [6.07, 6.45) is 17.3. The summed E-state index contributed by atoms with van der Waals surface area (Å²) in [7, 11) is 0. The number of nitrogens with two attached hydrogens (primary N) is 1. The third kappa shape index (κ3) is 3.21. The van der Waals surface area contributed by atoms with Crippen LogP contribution >= 0.6 is 0 Å². The van der Waals surface area contributed by atoms with E-state index in [9.17, 15) is 0 Å². The van der Waals surface area contributed by atoms with Crippen molar-refractivity contribution in [2.75, 3.05) is 0 Å². The standard InChI is InChI=1S/C14H27N/c15-13-12-14(13)10-8-6-4-2-1-3-5-7-9-11-14/h13H,1-12,15H2. The van der Waals surface area contributed by atoms with Crippen LogP contribution in [0.3, 0.4) is 0 Å². The average Bonchev–Trinajstić information content (AvgIpc) is 2.84. The van der Waals surface area contributed by atoms with Crippen LogP contribution in [-0.4, -0.2) is 6.04 Å². The van der Waals surface area contributed by atoms with Crippen molar-refractivity contribution in [2.45, 2.75) is 83.1 Å². The number of hydrogen-bond acceptors (Lipinski definition) is 1. The number of rotatable bonds is 0. The van der Waals surface area contributed by atoms with Gasteiger partial charge in [-0.25, -0.2) is 0 Å². The maximum Gasteiger partial charge on any atom is 0.0102 e. The Kier molecular flexibility index (Phi) is 4.07. The lowest BCUT2D eigenvalue weighted by molar-refractivity contribution is 0.364. The Morgan fingerprint density at radius 3 is 1.33 bits per heavy atom. The molecule has 2 saturated carbocycles. The topological polar surface area (TPSA) is 26.0 Å². The zero-order valence-corrected chi connectivity index (χ0v) is 10.1. The highest BCUT2D eigenvalue weighted by molar-refractivity contribution is 5.05. The molecular formula is C14H27N. The summed E-state index contributed by atoms with van der Waals surface area (Å²) >= 11 is 0. The monoisotopic (exact) mass is 209 g/mol. The molecule has 1 heteroatoms. The molecule has 0 aromatic heterocycles. The van der Waals surface area contributed by atoms with Gasteiger partial charge in [0.1, 0.15) is 0 Å². The van der Waals surface area contributed by atoms with Crippen molar-refractivity contribution >= 4 is 0 Å². The first kappa shape index (κ1) is 11.4. The van der Waals surface area contributed by atoms with Gasteiger partial charge in [-0.1, -0.05) is 57.8 Å². The van der Waals surface area contributed by atoms with Gasteiger partial charge < -0.3 is 5.73 Å². The van der Waals surface area contributed by atoms with Gasteiger partial charge >= 0.3 is 0 Å². The van der Waals surface area contributed by atoms with Crippen LogP contribution in [0.1, 0.15) is 77.0 Å². The van der Waals surface area contributed by atoms with Crippen LogP contribution < -0.4 is 5.73 Å². The zero-order chi connectivity index (χ0) is 10.6. The van der Waals surface area contributed by atoms with E-state index in [1.807, 2.05) is 0 Å². The molecule has 2 N–H and O–H groups in total. The van der Waals surface area contributed by atoms with E-state index in [0.717, 1.165) is 0 Å². The molecule has 88 valence electrons. The summed E-state index contributed by atoms with van der Waals surface area (Å²) in [5.41, 5.74) is 6.72. The van der Waals surface area contributed by atoms with Crippen molar-refractivity contribution in [3.8, 4) is 0 Å². The van der Waals surface area contributed by atoms with E-state index in [2.05, 4.69) is 0 Å². The summed E-state index contributed by atoms with van der Waals surface area (Å²) in [5, 5.41) is 0. The second kappa shape index (κ2) is 5.34. The minimum Gasteiger partial charge on any atom is -0.327 e. The summed E-state index contributed by atoms with van der Waals surface area (Å²) < 4.78 is 0. The van der Waals surface area contributed by atoms with E-state index >= 15 is 0 Å². The molecule has 0 heterocycles. The van der Waals surface area contributed by atoms with Gasteiger partial charge in [0.2, 0.25) is 0 Å². The molecule has 1 unspecified atom stereocenters. The van der Waals surface area contributed by atoms with E-state index in [1.54, 1.807) is 0 Å². The summed E-state index contributed by atoms with van der Waals surface area (Å²) in [6, 6.07) is 0.556. The third-order valence-electron chi connectivity index (χ3n) is 4.60. The van der Waals surface area contributed by atoms with E-state index in [1.165, 1.54) is 77.0 Å². The van der Waals surface area contributed by atoms with E-state index in [4.69, 9.17) is 5.73 Å². The van der Waals surface area contributed by atoms with Gasteiger partial charge in [0.15, 0.2) is 0 Å². The Labute approximate surface area is 94.8 Å². The van der Waals surface area contributed by atoms with Crippen LogP contribution in [-0.2, 0) is 0 Å². The molecule has 0 saturated heterocycles. The summed E-state index contributed by atoms with van der Waals surface area (Å²) in [4.78, 5) is 0. The average molecular weight is 209 g/mol. The first-order chi connectivity index (χ1) is 7.33. The molecule has 1 atom stereocenters. The van der Waals surface area contributed by atoms with Crippen molar-refractivity contribution in [3.63, 3.8) is 0 Å². The fourth-order valence-electron chi connectivity index (χ4n) is 3.27. The predicted octanol–water partition coefficient (Wildman–Crippen LogP) is 4.01. The second-order valence-corrected chi connectivity index (χ2v) is 5.85. The van der Waals surface area contributed by atoms with Gasteiger partial charge in [-0.15, -0.1) is 0 Å². The van der Waals surface area contributed by atoms with E-state index < -0.39 is 0 Å². The minimum absolute atomic E-state index is 0.556. The first-order valence-corrected chi connectivity index (χ1v) is 7.09.